The Morgan fingerprint density at radius 2 is 2.00 bits per heavy atom. The molecule has 0 radical (unpaired) electrons. The second-order valence-corrected chi connectivity index (χ2v) is 5.88. The van der Waals surface area contributed by atoms with E-state index < -0.39 is 5.60 Å². The average Bonchev–Trinajstić information content (AvgIpc) is 2.49. The van der Waals surface area contributed by atoms with Gasteiger partial charge in [0.25, 0.3) is 0 Å². The van der Waals surface area contributed by atoms with Crippen LogP contribution in [-0.2, 0) is 4.79 Å². The van der Waals surface area contributed by atoms with Gasteiger partial charge in [0, 0.05) is 5.92 Å². The van der Waals surface area contributed by atoms with Crippen molar-refractivity contribution in [1.29, 1.82) is 0 Å². The van der Waals surface area contributed by atoms with Crippen molar-refractivity contribution in [3.8, 4) is 0 Å². The highest BCUT2D eigenvalue weighted by molar-refractivity contribution is 5.92. The Kier molecular flexibility index (Phi) is 2.95. The van der Waals surface area contributed by atoms with Crippen LogP contribution < -0.4 is 0 Å². The molecular formula is C14H22O2. The number of carbonyl (C=O) groups excluding carboxylic acids is 1. The first-order chi connectivity index (χ1) is 7.42. The fraction of sp³-hybridized carbons (Fsp3) is 0.786. The van der Waals surface area contributed by atoms with E-state index in [0.29, 0.717) is 11.8 Å². The van der Waals surface area contributed by atoms with Gasteiger partial charge < -0.3 is 5.11 Å². The molecule has 1 N–H and O–H groups in total. The van der Waals surface area contributed by atoms with E-state index in [1.54, 1.807) is 6.08 Å². The van der Waals surface area contributed by atoms with Gasteiger partial charge >= 0.3 is 0 Å². The van der Waals surface area contributed by atoms with Crippen LogP contribution in [0.5, 0.6) is 0 Å². The summed E-state index contributed by atoms with van der Waals surface area (Å²) in [7, 11) is 0. The van der Waals surface area contributed by atoms with Crippen molar-refractivity contribution in [1.82, 2.24) is 0 Å². The molecule has 0 saturated heterocycles. The molecule has 0 aromatic carbocycles. The van der Waals surface area contributed by atoms with E-state index in [0.717, 1.165) is 31.3 Å². The first kappa shape index (κ1) is 11.8. The fourth-order valence-electron chi connectivity index (χ4n) is 3.14. The van der Waals surface area contributed by atoms with Gasteiger partial charge in [0.05, 0.1) is 5.60 Å². The van der Waals surface area contributed by atoms with Gasteiger partial charge in [-0.15, -0.1) is 0 Å². The molecule has 0 aromatic rings. The van der Waals surface area contributed by atoms with Crippen LogP contribution in [0.3, 0.4) is 0 Å². The van der Waals surface area contributed by atoms with Crippen LogP contribution in [0.2, 0.25) is 0 Å². The second kappa shape index (κ2) is 3.99. The minimum Gasteiger partial charge on any atom is -0.386 e. The summed E-state index contributed by atoms with van der Waals surface area (Å²) in [5, 5.41) is 10.3. The molecule has 90 valence electrons. The maximum absolute atomic E-state index is 11.9. The van der Waals surface area contributed by atoms with Crippen LogP contribution in [0, 0.1) is 17.8 Å². The summed E-state index contributed by atoms with van der Waals surface area (Å²) in [5.74, 6) is 1.34. The van der Waals surface area contributed by atoms with Crippen LogP contribution >= 0.6 is 0 Å². The summed E-state index contributed by atoms with van der Waals surface area (Å²) >= 11 is 0. The van der Waals surface area contributed by atoms with E-state index in [1.807, 2.05) is 13.8 Å². The quantitative estimate of drug-likeness (QED) is 0.684. The standard InChI is InChI=1S/C14H22O2/c1-9-4-5-10(2)13(15)8-12-11(9)6-7-14(12,3)16/h8-11,16H,4-7H2,1-3H3. The summed E-state index contributed by atoms with van der Waals surface area (Å²) in [6.07, 6.45) is 5.67. The number of fused-ring (bicyclic) bond motifs is 1. The van der Waals surface area contributed by atoms with Crippen molar-refractivity contribution in [2.45, 2.75) is 52.1 Å². The smallest absolute Gasteiger partial charge is 0.158 e. The van der Waals surface area contributed by atoms with E-state index in [2.05, 4.69) is 6.92 Å². The molecule has 4 unspecified atom stereocenters. The molecule has 0 aliphatic heterocycles. The Balaban J connectivity index is 2.37. The molecule has 2 aliphatic carbocycles. The third-order valence-electron chi connectivity index (χ3n) is 4.49. The summed E-state index contributed by atoms with van der Waals surface area (Å²) in [5.41, 5.74) is 0.252. The highest BCUT2D eigenvalue weighted by atomic mass is 16.3. The van der Waals surface area contributed by atoms with Crippen molar-refractivity contribution in [2.75, 3.05) is 0 Å². The van der Waals surface area contributed by atoms with Crippen molar-refractivity contribution < 1.29 is 9.90 Å². The van der Waals surface area contributed by atoms with Crippen LogP contribution in [-0.4, -0.2) is 16.5 Å². The SMILES string of the molecule is CC1CCC(C)C2CCC(C)(O)C2=CC1=O. The number of carbonyl (C=O) groups is 1. The molecule has 0 spiro atoms. The normalized spacial score (nSPS) is 44.6. The van der Waals surface area contributed by atoms with Crippen molar-refractivity contribution in [3.63, 3.8) is 0 Å². The molecule has 2 rings (SSSR count). The van der Waals surface area contributed by atoms with Crippen molar-refractivity contribution in [3.05, 3.63) is 11.6 Å². The topological polar surface area (TPSA) is 37.3 Å². The molecule has 0 amide bonds. The molecule has 16 heavy (non-hydrogen) atoms. The Hall–Kier alpha value is -0.630. The van der Waals surface area contributed by atoms with Gasteiger partial charge in [-0.3, -0.25) is 4.79 Å². The number of hydrogen-bond acceptors (Lipinski definition) is 2. The molecule has 0 bridgehead atoms. The minimum absolute atomic E-state index is 0.118. The van der Waals surface area contributed by atoms with Crippen LogP contribution in [0.25, 0.3) is 0 Å². The highest BCUT2D eigenvalue weighted by Crippen LogP contribution is 2.45. The molecule has 2 aliphatic rings. The van der Waals surface area contributed by atoms with Gasteiger partial charge in [0.2, 0.25) is 0 Å². The number of hydrogen-bond donors (Lipinski definition) is 1. The Bertz CT molecular complexity index is 328. The Morgan fingerprint density at radius 3 is 2.69 bits per heavy atom. The fourth-order valence-corrected chi connectivity index (χ4v) is 3.14. The van der Waals surface area contributed by atoms with Crippen molar-refractivity contribution in [2.24, 2.45) is 17.8 Å². The molecular weight excluding hydrogens is 200 g/mol. The molecule has 2 nitrogen and oxygen atoms in total. The van der Waals surface area contributed by atoms with E-state index in [1.165, 1.54) is 0 Å². The minimum atomic E-state index is -0.744. The molecule has 1 fully saturated rings. The summed E-state index contributed by atoms with van der Waals surface area (Å²) < 4.78 is 0. The third-order valence-corrected chi connectivity index (χ3v) is 4.49. The van der Waals surface area contributed by atoms with E-state index >= 15 is 0 Å². The Morgan fingerprint density at radius 1 is 1.31 bits per heavy atom. The molecule has 1 saturated carbocycles. The van der Waals surface area contributed by atoms with Crippen molar-refractivity contribution >= 4 is 5.78 Å². The second-order valence-electron chi connectivity index (χ2n) is 5.88. The maximum Gasteiger partial charge on any atom is 0.158 e. The van der Waals surface area contributed by atoms with Gasteiger partial charge in [-0.05, 0) is 56.1 Å². The monoisotopic (exact) mass is 222 g/mol. The molecule has 2 heteroatoms. The summed E-state index contributed by atoms with van der Waals surface area (Å²) in [6, 6.07) is 0. The van der Waals surface area contributed by atoms with Crippen LogP contribution in [0.1, 0.15) is 46.5 Å². The average molecular weight is 222 g/mol. The van der Waals surface area contributed by atoms with Gasteiger partial charge in [-0.25, -0.2) is 0 Å². The summed E-state index contributed by atoms with van der Waals surface area (Å²) in [6.45, 7) is 6.10. The first-order valence-corrected chi connectivity index (χ1v) is 6.40. The lowest BCUT2D eigenvalue weighted by atomic mass is 9.78. The zero-order chi connectivity index (χ0) is 11.9. The largest absolute Gasteiger partial charge is 0.386 e. The van der Waals surface area contributed by atoms with Gasteiger partial charge in [-0.2, -0.15) is 0 Å². The van der Waals surface area contributed by atoms with E-state index in [-0.39, 0.29) is 11.7 Å². The number of rotatable bonds is 0. The van der Waals surface area contributed by atoms with Gasteiger partial charge in [-0.1, -0.05) is 13.8 Å². The molecule has 0 heterocycles. The predicted molar refractivity (Wildman–Crippen MR) is 64.0 cm³/mol. The van der Waals surface area contributed by atoms with Crippen LogP contribution in [0.4, 0.5) is 0 Å². The lowest BCUT2D eigenvalue weighted by molar-refractivity contribution is -0.118. The lowest BCUT2D eigenvalue weighted by Crippen LogP contribution is -2.28. The molecule has 0 aromatic heterocycles. The zero-order valence-corrected chi connectivity index (χ0v) is 10.5. The van der Waals surface area contributed by atoms with Crippen LogP contribution in [0.15, 0.2) is 11.6 Å². The Labute approximate surface area is 97.7 Å². The lowest BCUT2D eigenvalue weighted by Gasteiger charge is -2.28. The van der Waals surface area contributed by atoms with E-state index in [9.17, 15) is 9.90 Å². The maximum atomic E-state index is 11.9. The highest BCUT2D eigenvalue weighted by Gasteiger charge is 2.42. The number of aliphatic hydroxyl groups is 1. The van der Waals surface area contributed by atoms with Gasteiger partial charge in [0.1, 0.15) is 0 Å². The van der Waals surface area contributed by atoms with Gasteiger partial charge in [0.15, 0.2) is 5.78 Å². The molecule has 4 atom stereocenters. The number of allylic oxidation sites excluding steroid dienone is 1. The first-order valence-electron chi connectivity index (χ1n) is 6.40. The number of ketones is 1. The predicted octanol–water partition coefficient (Wildman–Crippen LogP) is 2.71. The summed E-state index contributed by atoms with van der Waals surface area (Å²) in [4.78, 5) is 11.9. The zero-order valence-electron chi connectivity index (χ0n) is 10.5. The van der Waals surface area contributed by atoms with E-state index in [4.69, 9.17) is 0 Å². The third kappa shape index (κ3) is 1.95.